The first-order chi connectivity index (χ1) is 10.5. The Kier molecular flexibility index (Phi) is 3.84. The molecule has 3 rings (SSSR count). The van der Waals surface area contributed by atoms with Crippen molar-refractivity contribution in [3.05, 3.63) is 58.8 Å². The van der Waals surface area contributed by atoms with Gasteiger partial charge in [0.25, 0.3) is 10.0 Å². The van der Waals surface area contributed by atoms with Gasteiger partial charge < -0.3 is 0 Å². The van der Waals surface area contributed by atoms with Crippen LogP contribution in [0.4, 0.5) is 5.82 Å². The number of anilines is 1. The van der Waals surface area contributed by atoms with Gasteiger partial charge in [0, 0.05) is 16.1 Å². The summed E-state index contributed by atoms with van der Waals surface area (Å²) in [6, 6.07) is 12.0. The molecule has 1 aromatic carbocycles. The first-order valence-electron chi connectivity index (χ1n) is 6.47. The first-order valence-corrected chi connectivity index (χ1v) is 8.75. The number of aryl methyl sites for hydroxylation is 1. The van der Waals surface area contributed by atoms with E-state index in [1.165, 1.54) is 6.07 Å². The third-order valence-corrected chi connectivity index (χ3v) is 5.37. The van der Waals surface area contributed by atoms with Gasteiger partial charge in [-0.1, -0.05) is 18.2 Å². The number of nitrogens with one attached hydrogen (secondary N) is 1. The molecule has 112 valence electrons. The Hall–Kier alpha value is -1.99. The van der Waals surface area contributed by atoms with E-state index >= 15 is 0 Å². The summed E-state index contributed by atoms with van der Waals surface area (Å²) in [5, 5.41) is 0.769. The van der Waals surface area contributed by atoms with E-state index in [0.717, 1.165) is 9.86 Å². The van der Waals surface area contributed by atoms with Crippen molar-refractivity contribution in [3.63, 3.8) is 0 Å². The molecule has 5 nitrogen and oxygen atoms in total. The highest BCUT2D eigenvalue weighted by atomic mass is 79.9. The molecule has 0 saturated carbocycles. The zero-order chi connectivity index (χ0) is 15.7. The van der Waals surface area contributed by atoms with Crippen LogP contribution in [-0.2, 0) is 10.0 Å². The monoisotopic (exact) mass is 377 g/mol. The Labute approximate surface area is 136 Å². The number of para-hydroxylation sites is 1. The van der Waals surface area contributed by atoms with Gasteiger partial charge in [-0.05, 0) is 47.1 Å². The molecule has 0 fully saturated rings. The van der Waals surface area contributed by atoms with Gasteiger partial charge in [-0.25, -0.2) is 13.4 Å². The number of hydrogen-bond donors (Lipinski definition) is 1. The van der Waals surface area contributed by atoms with Crippen molar-refractivity contribution in [2.75, 3.05) is 4.72 Å². The lowest BCUT2D eigenvalue weighted by molar-refractivity contribution is 0.601. The minimum atomic E-state index is -3.76. The fraction of sp³-hybridized carbons (Fsp3) is 0.0667. The lowest BCUT2D eigenvalue weighted by Crippen LogP contribution is -2.15. The normalized spacial score (nSPS) is 11.5. The largest absolute Gasteiger partial charge is 0.265 e. The molecular formula is C15H12BrN3O2S. The molecule has 3 aromatic rings. The summed E-state index contributed by atoms with van der Waals surface area (Å²) in [5.41, 5.74) is 1.14. The maximum atomic E-state index is 12.6. The molecule has 0 bridgehead atoms. The number of nitrogens with zero attached hydrogens (tertiary/aromatic N) is 2. The zero-order valence-electron chi connectivity index (χ0n) is 11.6. The molecule has 0 spiro atoms. The summed E-state index contributed by atoms with van der Waals surface area (Å²) < 4.78 is 28.5. The van der Waals surface area contributed by atoms with Crippen molar-refractivity contribution >= 4 is 42.7 Å². The topological polar surface area (TPSA) is 72.0 Å². The smallest absolute Gasteiger partial charge is 0.263 e. The highest BCUT2D eigenvalue weighted by Gasteiger charge is 2.19. The quantitative estimate of drug-likeness (QED) is 0.757. The van der Waals surface area contributed by atoms with Crippen LogP contribution in [0.3, 0.4) is 0 Å². The van der Waals surface area contributed by atoms with Gasteiger partial charge in [-0.3, -0.25) is 9.71 Å². The average molecular weight is 378 g/mol. The second kappa shape index (κ2) is 5.66. The molecule has 1 N–H and O–H groups in total. The molecule has 2 heterocycles. The summed E-state index contributed by atoms with van der Waals surface area (Å²) in [6.07, 6.45) is 1.57. The van der Waals surface area contributed by atoms with E-state index in [-0.39, 0.29) is 10.7 Å². The van der Waals surface area contributed by atoms with Crippen molar-refractivity contribution < 1.29 is 8.42 Å². The minimum absolute atomic E-state index is 0.132. The number of halogens is 1. The molecule has 0 unspecified atom stereocenters. The predicted octanol–water partition coefficient (Wildman–Crippen LogP) is 3.50. The summed E-state index contributed by atoms with van der Waals surface area (Å²) in [5.74, 6) is 0.272. The van der Waals surface area contributed by atoms with Crippen LogP contribution in [0.15, 0.2) is 58.0 Å². The Bertz CT molecular complexity index is 953. The Balaban J connectivity index is 2.07. The van der Waals surface area contributed by atoms with E-state index in [1.54, 1.807) is 37.4 Å². The van der Waals surface area contributed by atoms with Gasteiger partial charge in [0.2, 0.25) is 0 Å². The average Bonchev–Trinajstić information content (AvgIpc) is 2.50. The molecule has 0 amide bonds. The van der Waals surface area contributed by atoms with Gasteiger partial charge >= 0.3 is 0 Å². The summed E-state index contributed by atoms with van der Waals surface area (Å²) >= 11 is 3.34. The second-order valence-corrected chi connectivity index (χ2v) is 7.21. The fourth-order valence-corrected chi connectivity index (χ4v) is 3.49. The van der Waals surface area contributed by atoms with Crippen LogP contribution in [0.25, 0.3) is 10.9 Å². The van der Waals surface area contributed by atoms with Crippen LogP contribution in [-0.4, -0.2) is 18.4 Å². The van der Waals surface area contributed by atoms with E-state index in [1.807, 2.05) is 12.1 Å². The number of sulfonamides is 1. The van der Waals surface area contributed by atoms with Crippen LogP contribution in [0.2, 0.25) is 0 Å². The molecule has 7 heteroatoms. The number of fused-ring (bicyclic) bond motifs is 1. The highest BCUT2D eigenvalue weighted by molar-refractivity contribution is 9.10. The van der Waals surface area contributed by atoms with Crippen LogP contribution in [0, 0.1) is 6.92 Å². The molecule has 22 heavy (non-hydrogen) atoms. The molecule has 0 aliphatic rings. The maximum Gasteiger partial charge on any atom is 0.265 e. The standard InChI is InChI=1S/C15H12BrN3O2S/c1-10-12(16)7-8-14(18-10)19-22(20,21)13-6-2-4-11-5-3-9-17-15(11)13/h2-9H,1H3,(H,18,19). The lowest BCUT2D eigenvalue weighted by atomic mass is 10.2. The Morgan fingerprint density at radius 3 is 2.64 bits per heavy atom. The van der Waals surface area contributed by atoms with Crippen molar-refractivity contribution in [2.45, 2.75) is 11.8 Å². The maximum absolute atomic E-state index is 12.6. The first kappa shape index (κ1) is 14.9. The number of pyridine rings is 2. The van der Waals surface area contributed by atoms with E-state index in [2.05, 4.69) is 30.6 Å². The summed E-state index contributed by atoms with van der Waals surface area (Å²) in [4.78, 5) is 8.51. The van der Waals surface area contributed by atoms with Crippen LogP contribution in [0.1, 0.15) is 5.69 Å². The molecule has 0 radical (unpaired) electrons. The van der Waals surface area contributed by atoms with Gasteiger partial charge in [-0.2, -0.15) is 0 Å². The van der Waals surface area contributed by atoms with Gasteiger partial charge in [0.05, 0.1) is 11.2 Å². The number of rotatable bonds is 3. The third kappa shape index (κ3) is 2.82. The van der Waals surface area contributed by atoms with E-state index < -0.39 is 10.0 Å². The second-order valence-electron chi connectivity index (χ2n) is 4.70. The summed E-state index contributed by atoms with van der Waals surface area (Å²) in [6.45, 7) is 1.79. The van der Waals surface area contributed by atoms with Crippen LogP contribution in [0.5, 0.6) is 0 Å². The molecule has 2 aromatic heterocycles. The SMILES string of the molecule is Cc1nc(NS(=O)(=O)c2cccc3cccnc23)ccc1Br. The summed E-state index contributed by atoms with van der Waals surface area (Å²) in [7, 11) is -3.76. The zero-order valence-corrected chi connectivity index (χ0v) is 14.0. The number of benzene rings is 1. The Morgan fingerprint density at radius 2 is 1.86 bits per heavy atom. The molecule has 0 atom stereocenters. The van der Waals surface area contributed by atoms with E-state index in [4.69, 9.17) is 0 Å². The molecule has 0 aliphatic heterocycles. The van der Waals surface area contributed by atoms with Gasteiger partial charge in [0.15, 0.2) is 0 Å². The van der Waals surface area contributed by atoms with Crippen molar-refractivity contribution in [2.24, 2.45) is 0 Å². The molecule has 0 saturated heterocycles. The highest BCUT2D eigenvalue weighted by Crippen LogP contribution is 2.23. The van der Waals surface area contributed by atoms with E-state index in [0.29, 0.717) is 11.2 Å². The number of aromatic nitrogens is 2. The predicted molar refractivity (Wildman–Crippen MR) is 89.2 cm³/mol. The Morgan fingerprint density at radius 1 is 1.09 bits per heavy atom. The fourth-order valence-electron chi connectivity index (χ4n) is 2.09. The van der Waals surface area contributed by atoms with Crippen molar-refractivity contribution in [3.8, 4) is 0 Å². The van der Waals surface area contributed by atoms with Crippen molar-refractivity contribution in [1.82, 2.24) is 9.97 Å². The van der Waals surface area contributed by atoms with Gasteiger partial charge in [-0.15, -0.1) is 0 Å². The number of hydrogen-bond acceptors (Lipinski definition) is 4. The van der Waals surface area contributed by atoms with Crippen molar-refractivity contribution in [1.29, 1.82) is 0 Å². The third-order valence-electron chi connectivity index (χ3n) is 3.15. The van der Waals surface area contributed by atoms with Gasteiger partial charge in [0.1, 0.15) is 10.7 Å². The van der Waals surface area contributed by atoms with E-state index in [9.17, 15) is 8.42 Å². The molecule has 0 aliphatic carbocycles. The molecular weight excluding hydrogens is 366 g/mol. The van der Waals surface area contributed by atoms with Crippen LogP contribution < -0.4 is 4.72 Å². The lowest BCUT2D eigenvalue weighted by Gasteiger charge is -2.10. The minimum Gasteiger partial charge on any atom is -0.263 e. The van der Waals surface area contributed by atoms with Crippen LogP contribution >= 0.6 is 15.9 Å².